The van der Waals surface area contributed by atoms with Crippen LogP contribution in [0.2, 0.25) is 0 Å². The van der Waals surface area contributed by atoms with Gasteiger partial charge in [-0.1, -0.05) is 6.92 Å². The second kappa shape index (κ2) is 2.06. The first-order chi connectivity index (χ1) is 3.77. The predicted octanol–water partition coefficient (Wildman–Crippen LogP) is 1.97. The van der Waals surface area contributed by atoms with Crippen molar-refractivity contribution in [3.8, 4) is 0 Å². The van der Waals surface area contributed by atoms with Gasteiger partial charge in [0.25, 0.3) is 0 Å². The summed E-state index contributed by atoms with van der Waals surface area (Å²) in [5.74, 6) is 0. The summed E-state index contributed by atoms with van der Waals surface area (Å²) in [5, 5.41) is 0. The average molecular weight is 114 g/mol. The monoisotopic (exact) mass is 114 g/mol. The van der Waals surface area contributed by atoms with Crippen LogP contribution in [0.4, 0.5) is 0 Å². The molecule has 0 amide bonds. The highest BCUT2D eigenvalue weighted by Crippen LogP contribution is 2.27. The third-order valence-corrected chi connectivity index (χ3v) is 2.05. The van der Waals surface area contributed by atoms with Crippen LogP contribution in [0.25, 0.3) is 0 Å². The molecule has 0 radical (unpaired) electrons. The Bertz CT molecular complexity index is 72.5. The van der Waals surface area contributed by atoms with Crippen LogP contribution in [0.1, 0.15) is 33.1 Å². The second-order valence-corrected chi connectivity index (χ2v) is 2.76. The van der Waals surface area contributed by atoms with E-state index in [-0.39, 0.29) is 5.60 Å². The SMILES string of the molecule is CC[C@@]1(C)CCCO1. The average Bonchev–Trinajstić information content (AvgIpc) is 2.17. The molecular weight excluding hydrogens is 100 g/mol. The summed E-state index contributed by atoms with van der Waals surface area (Å²) in [5.41, 5.74) is 0.236. The molecule has 1 atom stereocenters. The van der Waals surface area contributed by atoms with Gasteiger partial charge in [0.05, 0.1) is 5.60 Å². The lowest BCUT2D eigenvalue weighted by atomic mass is 10.0. The van der Waals surface area contributed by atoms with Crippen molar-refractivity contribution >= 4 is 0 Å². The molecule has 1 heterocycles. The fraction of sp³-hybridized carbons (Fsp3) is 1.00. The van der Waals surface area contributed by atoms with E-state index < -0.39 is 0 Å². The molecule has 1 nitrogen and oxygen atoms in total. The molecule has 0 aliphatic carbocycles. The van der Waals surface area contributed by atoms with Crippen molar-refractivity contribution in [2.45, 2.75) is 38.7 Å². The third-order valence-electron chi connectivity index (χ3n) is 2.05. The zero-order valence-electron chi connectivity index (χ0n) is 5.74. The van der Waals surface area contributed by atoms with Crippen LogP contribution in [0.3, 0.4) is 0 Å². The largest absolute Gasteiger partial charge is 0.375 e. The molecule has 1 saturated heterocycles. The number of hydrogen-bond donors (Lipinski definition) is 0. The molecule has 0 N–H and O–H groups in total. The van der Waals surface area contributed by atoms with Gasteiger partial charge in [-0.15, -0.1) is 0 Å². The zero-order chi connectivity index (χ0) is 6.04. The molecule has 0 aromatic carbocycles. The first-order valence-electron chi connectivity index (χ1n) is 3.41. The van der Waals surface area contributed by atoms with Crippen molar-refractivity contribution in [1.29, 1.82) is 0 Å². The Balaban J connectivity index is 2.40. The Morgan fingerprint density at radius 3 is 2.62 bits per heavy atom. The summed E-state index contributed by atoms with van der Waals surface area (Å²) in [4.78, 5) is 0. The summed E-state index contributed by atoms with van der Waals surface area (Å²) >= 11 is 0. The Labute approximate surface area is 51.0 Å². The van der Waals surface area contributed by atoms with Gasteiger partial charge in [0.15, 0.2) is 0 Å². The van der Waals surface area contributed by atoms with Crippen molar-refractivity contribution in [3.05, 3.63) is 0 Å². The molecule has 8 heavy (non-hydrogen) atoms. The second-order valence-electron chi connectivity index (χ2n) is 2.76. The van der Waals surface area contributed by atoms with Crippen molar-refractivity contribution < 1.29 is 4.74 Å². The molecule has 0 aromatic rings. The topological polar surface area (TPSA) is 9.23 Å². The molecular formula is C7H14O. The predicted molar refractivity (Wildman–Crippen MR) is 33.9 cm³/mol. The molecule has 0 aromatic heterocycles. The summed E-state index contributed by atoms with van der Waals surface area (Å²) in [7, 11) is 0. The highest BCUT2D eigenvalue weighted by molar-refractivity contribution is 4.77. The van der Waals surface area contributed by atoms with Gasteiger partial charge in [-0.2, -0.15) is 0 Å². The Morgan fingerprint density at radius 1 is 1.62 bits per heavy atom. The molecule has 0 bridgehead atoms. The summed E-state index contributed by atoms with van der Waals surface area (Å²) in [6.45, 7) is 5.36. The molecule has 0 spiro atoms. The Kier molecular flexibility index (Phi) is 1.57. The molecule has 1 fully saturated rings. The van der Waals surface area contributed by atoms with Gasteiger partial charge >= 0.3 is 0 Å². The van der Waals surface area contributed by atoms with E-state index in [1.165, 1.54) is 12.8 Å². The first kappa shape index (κ1) is 6.09. The van der Waals surface area contributed by atoms with E-state index in [9.17, 15) is 0 Å². The van der Waals surface area contributed by atoms with Crippen LogP contribution >= 0.6 is 0 Å². The quantitative estimate of drug-likeness (QED) is 0.506. The maximum Gasteiger partial charge on any atom is 0.0652 e. The summed E-state index contributed by atoms with van der Waals surface area (Å²) in [6, 6.07) is 0. The van der Waals surface area contributed by atoms with E-state index in [1.54, 1.807) is 0 Å². The van der Waals surface area contributed by atoms with Gasteiger partial charge in [0, 0.05) is 6.61 Å². The smallest absolute Gasteiger partial charge is 0.0652 e. The lowest BCUT2D eigenvalue weighted by Gasteiger charge is -2.19. The highest BCUT2D eigenvalue weighted by atomic mass is 16.5. The van der Waals surface area contributed by atoms with E-state index in [4.69, 9.17) is 4.74 Å². The van der Waals surface area contributed by atoms with Crippen molar-refractivity contribution in [1.82, 2.24) is 0 Å². The maximum atomic E-state index is 5.49. The molecule has 1 aliphatic rings. The third kappa shape index (κ3) is 1.03. The summed E-state index contributed by atoms with van der Waals surface area (Å²) < 4.78 is 5.49. The fourth-order valence-electron chi connectivity index (χ4n) is 1.12. The van der Waals surface area contributed by atoms with Gasteiger partial charge < -0.3 is 4.74 Å². The Hall–Kier alpha value is -0.0400. The van der Waals surface area contributed by atoms with Crippen LogP contribution in [0.15, 0.2) is 0 Å². The molecule has 0 saturated carbocycles. The Morgan fingerprint density at radius 2 is 2.38 bits per heavy atom. The fourth-order valence-corrected chi connectivity index (χ4v) is 1.12. The van der Waals surface area contributed by atoms with Gasteiger partial charge in [0.1, 0.15) is 0 Å². The molecule has 1 rings (SSSR count). The van der Waals surface area contributed by atoms with Crippen LogP contribution in [-0.2, 0) is 4.74 Å². The highest BCUT2D eigenvalue weighted by Gasteiger charge is 2.26. The normalized spacial score (nSPS) is 38.2. The van der Waals surface area contributed by atoms with Gasteiger partial charge in [-0.25, -0.2) is 0 Å². The van der Waals surface area contributed by atoms with Crippen molar-refractivity contribution in [2.75, 3.05) is 6.61 Å². The molecule has 1 aliphatic heterocycles. The molecule has 0 unspecified atom stereocenters. The van der Waals surface area contributed by atoms with Crippen LogP contribution in [-0.4, -0.2) is 12.2 Å². The van der Waals surface area contributed by atoms with E-state index in [1.807, 2.05) is 0 Å². The molecule has 48 valence electrons. The van der Waals surface area contributed by atoms with Gasteiger partial charge in [-0.05, 0) is 26.2 Å². The van der Waals surface area contributed by atoms with Crippen LogP contribution < -0.4 is 0 Å². The number of hydrogen-bond acceptors (Lipinski definition) is 1. The van der Waals surface area contributed by atoms with E-state index >= 15 is 0 Å². The minimum absolute atomic E-state index is 0.236. The lowest BCUT2D eigenvalue weighted by molar-refractivity contribution is 0.0173. The van der Waals surface area contributed by atoms with Gasteiger partial charge in [-0.3, -0.25) is 0 Å². The maximum absolute atomic E-state index is 5.49. The minimum atomic E-state index is 0.236. The lowest BCUT2D eigenvalue weighted by Crippen LogP contribution is -2.20. The summed E-state index contributed by atoms with van der Waals surface area (Å²) in [6.07, 6.45) is 3.67. The minimum Gasteiger partial charge on any atom is -0.375 e. The number of rotatable bonds is 1. The van der Waals surface area contributed by atoms with Crippen molar-refractivity contribution in [2.24, 2.45) is 0 Å². The van der Waals surface area contributed by atoms with Crippen molar-refractivity contribution in [3.63, 3.8) is 0 Å². The van der Waals surface area contributed by atoms with Crippen LogP contribution in [0.5, 0.6) is 0 Å². The number of ether oxygens (including phenoxy) is 1. The van der Waals surface area contributed by atoms with E-state index in [2.05, 4.69) is 13.8 Å². The van der Waals surface area contributed by atoms with E-state index in [0.717, 1.165) is 13.0 Å². The standard InChI is InChI=1S/C7H14O/c1-3-7(2)5-4-6-8-7/h3-6H2,1-2H3/t7-/m0/s1. The zero-order valence-corrected chi connectivity index (χ0v) is 5.74. The van der Waals surface area contributed by atoms with Crippen LogP contribution in [0, 0.1) is 0 Å². The van der Waals surface area contributed by atoms with E-state index in [0.29, 0.717) is 0 Å². The van der Waals surface area contributed by atoms with Gasteiger partial charge in [0.2, 0.25) is 0 Å². The first-order valence-corrected chi connectivity index (χ1v) is 3.41. The molecule has 1 heteroatoms.